The van der Waals surface area contributed by atoms with Crippen LogP contribution in [0, 0.1) is 23.4 Å². The first-order chi connectivity index (χ1) is 12.3. The second-order valence-corrected chi connectivity index (χ2v) is 6.79. The van der Waals surface area contributed by atoms with Crippen molar-refractivity contribution in [1.29, 1.82) is 0 Å². The van der Waals surface area contributed by atoms with Crippen LogP contribution < -0.4 is 0 Å². The Labute approximate surface area is 151 Å². The summed E-state index contributed by atoms with van der Waals surface area (Å²) in [6.45, 7) is 3.48. The fourth-order valence-electron chi connectivity index (χ4n) is 3.52. The van der Waals surface area contributed by atoms with Gasteiger partial charge in [0.05, 0.1) is 18.9 Å². The highest BCUT2D eigenvalue weighted by atomic mass is 19.2. The third kappa shape index (κ3) is 3.94. The van der Waals surface area contributed by atoms with Gasteiger partial charge in [0.15, 0.2) is 11.6 Å². The molecule has 0 unspecified atom stereocenters. The fraction of sp³-hybridized carbons (Fsp3) is 0.550. The minimum absolute atomic E-state index is 0.0746. The van der Waals surface area contributed by atoms with Gasteiger partial charge in [-0.1, -0.05) is 19.8 Å². The number of hydrogen-bond donors (Lipinski definition) is 0. The molecule has 2 atom stereocenters. The van der Waals surface area contributed by atoms with E-state index in [-0.39, 0.29) is 18.4 Å². The van der Waals surface area contributed by atoms with Gasteiger partial charge in [-0.3, -0.25) is 4.79 Å². The van der Waals surface area contributed by atoms with E-state index in [4.69, 9.17) is 0 Å². The van der Waals surface area contributed by atoms with Crippen LogP contribution in [0.1, 0.15) is 63.0 Å². The molecule has 1 aromatic rings. The van der Waals surface area contributed by atoms with E-state index in [1.165, 1.54) is 6.92 Å². The number of unbranched alkanes of at least 4 members (excludes halogenated alkanes) is 2. The van der Waals surface area contributed by atoms with Crippen LogP contribution in [0.15, 0.2) is 17.5 Å². The lowest BCUT2D eigenvalue weighted by Gasteiger charge is -2.30. The average Bonchev–Trinajstić information content (AvgIpc) is 2.63. The molecule has 0 fully saturated rings. The molecular formula is C20H24F4O2. The lowest BCUT2D eigenvalue weighted by molar-refractivity contribution is -0.146. The summed E-state index contributed by atoms with van der Waals surface area (Å²) in [7, 11) is 1.15. The van der Waals surface area contributed by atoms with E-state index in [2.05, 4.69) is 4.74 Å². The molecule has 0 heterocycles. The Hall–Kier alpha value is -1.85. The number of esters is 1. The molecule has 0 bridgehead atoms. The van der Waals surface area contributed by atoms with Gasteiger partial charge in [-0.15, -0.1) is 0 Å². The second-order valence-electron chi connectivity index (χ2n) is 6.79. The molecule has 0 saturated carbocycles. The first-order valence-electron chi connectivity index (χ1n) is 8.92. The van der Waals surface area contributed by atoms with Crippen LogP contribution in [0.25, 0.3) is 0 Å². The molecule has 6 heteroatoms. The normalized spacial score (nSPS) is 20.4. The van der Waals surface area contributed by atoms with Gasteiger partial charge >= 0.3 is 5.97 Å². The van der Waals surface area contributed by atoms with Gasteiger partial charge in [-0.05, 0) is 44.2 Å². The molecule has 0 radical (unpaired) electrons. The molecule has 0 saturated heterocycles. The molecule has 0 amide bonds. The largest absolute Gasteiger partial charge is 0.469 e. The van der Waals surface area contributed by atoms with Gasteiger partial charge in [0.1, 0.15) is 11.6 Å². The highest BCUT2D eigenvalue weighted by Gasteiger charge is 2.40. The van der Waals surface area contributed by atoms with Crippen LogP contribution in [0.4, 0.5) is 17.6 Å². The summed E-state index contributed by atoms with van der Waals surface area (Å²) in [4.78, 5) is 12.0. The monoisotopic (exact) mass is 372 g/mol. The Balaban J connectivity index is 2.51. The first-order valence-corrected chi connectivity index (χ1v) is 8.92. The van der Waals surface area contributed by atoms with Crippen molar-refractivity contribution in [3.63, 3.8) is 0 Å². The number of halogens is 4. The van der Waals surface area contributed by atoms with E-state index in [0.717, 1.165) is 26.0 Å². The van der Waals surface area contributed by atoms with Crippen LogP contribution in [-0.2, 0) is 16.0 Å². The molecule has 26 heavy (non-hydrogen) atoms. The maximum Gasteiger partial charge on any atom is 0.309 e. The second kappa shape index (κ2) is 8.69. The molecule has 0 spiro atoms. The maximum atomic E-state index is 14.7. The third-order valence-corrected chi connectivity index (χ3v) is 5.06. The van der Waals surface area contributed by atoms with E-state index >= 15 is 0 Å². The Morgan fingerprint density at radius 1 is 1.19 bits per heavy atom. The zero-order valence-corrected chi connectivity index (χ0v) is 15.3. The van der Waals surface area contributed by atoms with Gasteiger partial charge < -0.3 is 4.74 Å². The van der Waals surface area contributed by atoms with Crippen molar-refractivity contribution in [3.8, 4) is 0 Å². The van der Waals surface area contributed by atoms with Crippen molar-refractivity contribution in [2.75, 3.05) is 7.11 Å². The molecule has 1 aromatic carbocycles. The van der Waals surface area contributed by atoms with Gasteiger partial charge in [0.2, 0.25) is 0 Å². The van der Waals surface area contributed by atoms with Crippen molar-refractivity contribution >= 4 is 5.97 Å². The van der Waals surface area contributed by atoms with Crippen molar-refractivity contribution in [2.45, 2.75) is 58.3 Å². The fourth-order valence-corrected chi connectivity index (χ4v) is 3.52. The Kier molecular flexibility index (Phi) is 6.84. The Morgan fingerprint density at radius 3 is 2.50 bits per heavy atom. The maximum absolute atomic E-state index is 14.7. The molecule has 0 N–H and O–H groups in total. The lowest BCUT2D eigenvalue weighted by Crippen LogP contribution is -2.29. The lowest BCUT2D eigenvalue weighted by atomic mass is 9.75. The number of methoxy groups -OCH3 is 1. The quantitative estimate of drug-likeness (QED) is 0.275. The van der Waals surface area contributed by atoms with Crippen LogP contribution in [0.5, 0.6) is 0 Å². The van der Waals surface area contributed by atoms with E-state index in [0.29, 0.717) is 18.4 Å². The molecular weight excluding hydrogens is 348 g/mol. The SMILES string of the molecule is CCCCCc1c(F)cc([C@@H]2C(F)=C(C)CC[C@@H]2C(=O)OC)c(F)c1F. The number of carbonyl (C=O) groups excluding carboxylic acids is 1. The van der Waals surface area contributed by atoms with Crippen LogP contribution in [-0.4, -0.2) is 13.1 Å². The Bertz CT molecular complexity index is 712. The summed E-state index contributed by atoms with van der Waals surface area (Å²) in [5.41, 5.74) is -0.445. The first kappa shape index (κ1) is 20.5. The van der Waals surface area contributed by atoms with Gasteiger partial charge in [-0.25, -0.2) is 17.6 Å². The number of benzene rings is 1. The molecule has 144 valence electrons. The number of hydrogen-bond acceptors (Lipinski definition) is 2. The third-order valence-electron chi connectivity index (χ3n) is 5.06. The predicted octanol–water partition coefficient (Wildman–Crippen LogP) is 5.75. The summed E-state index contributed by atoms with van der Waals surface area (Å²) in [5.74, 6) is -7.31. The standard InChI is InChI=1S/C20H24F4O2/c1-4-5-6-7-12-15(21)10-14(19(24)18(12)23)16-13(20(25)26-3)9-8-11(2)17(16)22/h10,13,16H,4-9H2,1-3H3/t13-,16+/m0/s1. The zero-order valence-electron chi connectivity index (χ0n) is 15.3. The highest BCUT2D eigenvalue weighted by Crippen LogP contribution is 2.44. The van der Waals surface area contributed by atoms with E-state index in [1.54, 1.807) is 0 Å². The molecule has 1 aliphatic carbocycles. The highest BCUT2D eigenvalue weighted by molar-refractivity contribution is 5.75. The summed E-state index contributed by atoms with van der Waals surface area (Å²) in [6, 6.07) is 0.832. The Morgan fingerprint density at radius 2 is 1.88 bits per heavy atom. The smallest absolute Gasteiger partial charge is 0.309 e. The minimum atomic E-state index is -1.37. The summed E-state index contributed by atoms with van der Waals surface area (Å²) < 4.78 is 63.0. The number of ether oxygens (including phenoxy) is 1. The van der Waals surface area contributed by atoms with Crippen molar-refractivity contribution in [3.05, 3.63) is 46.0 Å². The number of allylic oxidation sites excluding steroid dienone is 2. The summed E-state index contributed by atoms with van der Waals surface area (Å²) in [6.07, 6.45) is 2.78. The summed E-state index contributed by atoms with van der Waals surface area (Å²) in [5, 5.41) is 0. The predicted molar refractivity (Wildman–Crippen MR) is 90.8 cm³/mol. The van der Waals surface area contributed by atoms with E-state index in [9.17, 15) is 22.4 Å². The van der Waals surface area contributed by atoms with Crippen LogP contribution in [0.3, 0.4) is 0 Å². The summed E-state index contributed by atoms with van der Waals surface area (Å²) >= 11 is 0. The number of carbonyl (C=O) groups is 1. The van der Waals surface area contributed by atoms with E-state index < -0.39 is 46.6 Å². The average molecular weight is 372 g/mol. The molecule has 0 aliphatic heterocycles. The topological polar surface area (TPSA) is 26.3 Å². The van der Waals surface area contributed by atoms with Crippen molar-refractivity contribution in [1.82, 2.24) is 0 Å². The number of rotatable bonds is 6. The molecule has 0 aromatic heterocycles. The van der Waals surface area contributed by atoms with Gasteiger partial charge in [0, 0.05) is 11.1 Å². The zero-order chi connectivity index (χ0) is 19.4. The van der Waals surface area contributed by atoms with Gasteiger partial charge in [-0.2, -0.15) is 0 Å². The molecule has 2 rings (SSSR count). The molecule has 2 nitrogen and oxygen atoms in total. The van der Waals surface area contributed by atoms with Crippen LogP contribution in [0.2, 0.25) is 0 Å². The minimum Gasteiger partial charge on any atom is -0.469 e. The van der Waals surface area contributed by atoms with Crippen molar-refractivity contribution < 1.29 is 27.1 Å². The van der Waals surface area contributed by atoms with Gasteiger partial charge in [0.25, 0.3) is 0 Å². The van der Waals surface area contributed by atoms with E-state index in [1.807, 2.05) is 6.92 Å². The molecule has 1 aliphatic rings. The van der Waals surface area contributed by atoms with Crippen LogP contribution >= 0.6 is 0 Å². The van der Waals surface area contributed by atoms with Crippen molar-refractivity contribution in [2.24, 2.45) is 5.92 Å².